The first kappa shape index (κ1) is 13.1. The minimum atomic E-state index is -0.137. The molecule has 2 nitrogen and oxygen atoms in total. The second-order valence-corrected chi connectivity index (χ2v) is 4.18. The van der Waals surface area contributed by atoms with E-state index in [2.05, 4.69) is 11.8 Å². The Morgan fingerprint density at radius 1 is 1.38 bits per heavy atom. The summed E-state index contributed by atoms with van der Waals surface area (Å²) in [7, 11) is 2.00. The van der Waals surface area contributed by atoms with E-state index in [0.29, 0.717) is 19.1 Å². The number of rotatable bonds is 6. The first-order valence-electron chi connectivity index (χ1n) is 5.82. The Balaban J connectivity index is 2.62. The topological polar surface area (TPSA) is 29.3 Å². The molecule has 1 atom stereocenters. The van der Waals surface area contributed by atoms with Gasteiger partial charge in [0, 0.05) is 24.7 Å². The molecular weight excluding hydrogens is 203 g/mol. The molecule has 1 aromatic carbocycles. The predicted octanol–water partition coefficient (Wildman–Crippen LogP) is 2.38. The number of likely N-dealkylation sites (N-methyl/N-ethyl adjacent to an activating group) is 1. The molecule has 0 spiro atoms. The van der Waals surface area contributed by atoms with Crippen LogP contribution in [-0.4, -0.2) is 24.5 Å². The van der Waals surface area contributed by atoms with Gasteiger partial charge < -0.3 is 5.73 Å². The number of hydrogen-bond acceptors (Lipinski definition) is 2. The zero-order chi connectivity index (χ0) is 12.0. The second kappa shape index (κ2) is 6.61. The highest BCUT2D eigenvalue weighted by Gasteiger charge is 2.13. The van der Waals surface area contributed by atoms with Crippen molar-refractivity contribution >= 4 is 0 Å². The summed E-state index contributed by atoms with van der Waals surface area (Å²) in [6, 6.07) is 7.24. The van der Waals surface area contributed by atoms with Crippen LogP contribution in [0, 0.1) is 5.82 Å². The maximum atomic E-state index is 13.4. The van der Waals surface area contributed by atoms with Crippen LogP contribution >= 0.6 is 0 Å². The van der Waals surface area contributed by atoms with Gasteiger partial charge in [0.1, 0.15) is 5.82 Å². The maximum absolute atomic E-state index is 13.4. The number of nitrogens with zero attached hydrogens (tertiary/aromatic N) is 1. The van der Waals surface area contributed by atoms with Crippen molar-refractivity contribution in [2.24, 2.45) is 5.73 Å². The van der Waals surface area contributed by atoms with E-state index in [9.17, 15) is 4.39 Å². The molecule has 0 aromatic heterocycles. The molecule has 3 heteroatoms. The van der Waals surface area contributed by atoms with E-state index in [1.807, 2.05) is 19.2 Å². The van der Waals surface area contributed by atoms with Crippen molar-refractivity contribution < 1.29 is 4.39 Å². The van der Waals surface area contributed by atoms with Crippen molar-refractivity contribution in [2.45, 2.75) is 32.4 Å². The zero-order valence-corrected chi connectivity index (χ0v) is 10.1. The molecule has 0 saturated carbocycles. The fraction of sp³-hybridized carbons (Fsp3) is 0.538. The lowest BCUT2D eigenvalue weighted by atomic mass is 10.1. The van der Waals surface area contributed by atoms with Gasteiger partial charge in [0.05, 0.1) is 0 Å². The largest absolute Gasteiger partial charge is 0.329 e. The molecule has 0 aliphatic carbocycles. The molecule has 0 bridgehead atoms. The van der Waals surface area contributed by atoms with Crippen molar-refractivity contribution in [1.29, 1.82) is 0 Å². The fourth-order valence-corrected chi connectivity index (χ4v) is 1.88. The van der Waals surface area contributed by atoms with Gasteiger partial charge in [0.15, 0.2) is 0 Å². The Morgan fingerprint density at radius 2 is 2.06 bits per heavy atom. The third-order valence-corrected chi connectivity index (χ3v) is 2.89. The highest BCUT2D eigenvalue weighted by Crippen LogP contribution is 2.12. The van der Waals surface area contributed by atoms with E-state index < -0.39 is 0 Å². The van der Waals surface area contributed by atoms with Crippen molar-refractivity contribution in [3.63, 3.8) is 0 Å². The summed E-state index contributed by atoms with van der Waals surface area (Å²) in [5, 5.41) is 0. The number of benzene rings is 1. The monoisotopic (exact) mass is 224 g/mol. The van der Waals surface area contributed by atoms with Crippen LogP contribution in [0.15, 0.2) is 24.3 Å². The summed E-state index contributed by atoms with van der Waals surface area (Å²) in [4.78, 5) is 2.13. The van der Waals surface area contributed by atoms with Crippen molar-refractivity contribution in [3.8, 4) is 0 Å². The van der Waals surface area contributed by atoms with E-state index >= 15 is 0 Å². The summed E-state index contributed by atoms with van der Waals surface area (Å²) in [5.74, 6) is -0.137. The molecule has 0 saturated heterocycles. The van der Waals surface area contributed by atoms with Gasteiger partial charge in [-0.3, -0.25) is 4.90 Å². The summed E-state index contributed by atoms with van der Waals surface area (Å²) in [6.07, 6.45) is 2.16. The van der Waals surface area contributed by atoms with Crippen LogP contribution in [0.25, 0.3) is 0 Å². The Bertz CT molecular complexity index is 315. The number of nitrogens with two attached hydrogens (primary N) is 1. The van der Waals surface area contributed by atoms with E-state index in [1.54, 1.807) is 6.07 Å². The minimum absolute atomic E-state index is 0.137. The number of halogens is 1. The Morgan fingerprint density at radius 3 is 2.62 bits per heavy atom. The molecule has 16 heavy (non-hydrogen) atoms. The van der Waals surface area contributed by atoms with E-state index in [1.165, 1.54) is 6.07 Å². The van der Waals surface area contributed by atoms with Crippen LogP contribution in [0.4, 0.5) is 4.39 Å². The second-order valence-electron chi connectivity index (χ2n) is 4.18. The minimum Gasteiger partial charge on any atom is -0.329 e. The molecule has 1 rings (SSSR count). The first-order chi connectivity index (χ1) is 7.69. The Labute approximate surface area is 97.3 Å². The van der Waals surface area contributed by atoms with Gasteiger partial charge in [-0.15, -0.1) is 0 Å². The average Bonchev–Trinajstić information content (AvgIpc) is 2.29. The summed E-state index contributed by atoms with van der Waals surface area (Å²) >= 11 is 0. The molecule has 0 heterocycles. The van der Waals surface area contributed by atoms with Crippen molar-refractivity contribution in [3.05, 3.63) is 35.6 Å². The van der Waals surface area contributed by atoms with Gasteiger partial charge in [-0.05, 0) is 19.5 Å². The molecule has 0 amide bonds. The smallest absolute Gasteiger partial charge is 0.127 e. The van der Waals surface area contributed by atoms with Crippen LogP contribution in [0.1, 0.15) is 25.3 Å². The van der Waals surface area contributed by atoms with Gasteiger partial charge in [-0.25, -0.2) is 4.39 Å². The lowest BCUT2D eigenvalue weighted by Crippen LogP contribution is -2.37. The predicted molar refractivity (Wildman–Crippen MR) is 65.6 cm³/mol. The molecule has 2 N–H and O–H groups in total. The molecule has 0 radical (unpaired) electrons. The van der Waals surface area contributed by atoms with Crippen molar-refractivity contribution in [2.75, 3.05) is 13.6 Å². The highest BCUT2D eigenvalue weighted by molar-refractivity contribution is 5.17. The highest BCUT2D eigenvalue weighted by atomic mass is 19.1. The Kier molecular flexibility index (Phi) is 5.43. The molecule has 0 fully saturated rings. The third-order valence-electron chi connectivity index (χ3n) is 2.89. The van der Waals surface area contributed by atoms with Crippen LogP contribution in [0.2, 0.25) is 0 Å². The Hall–Kier alpha value is -0.930. The zero-order valence-electron chi connectivity index (χ0n) is 10.1. The van der Waals surface area contributed by atoms with Crippen LogP contribution in [0.3, 0.4) is 0 Å². The SMILES string of the molecule is CCCC(CN)N(C)Cc1ccccc1F. The molecule has 90 valence electrons. The van der Waals surface area contributed by atoms with Gasteiger partial charge >= 0.3 is 0 Å². The number of hydrogen-bond donors (Lipinski definition) is 1. The first-order valence-corrected chi connectivity index (χ1v) is 5.82. The molecule has 1 unspecified atom stereocenters. The molecule has 0 aliphatic rings. The van der Waals surface area contributed by atoms with Crippen LogP contribution in [0.5, 0.6) is 0 Å². The lowest BCUT2D eigenvalue weighted by molar-refractivity contribution is 0.223. The summed E-state index contributed by atoms with van der Waals surface area (Å²) in [5.41, 5.74) is 6.45. The standard InChI is InChI=1S/C13H21FN2/c1-3-6-12(9-15)16(2)10-11-7-4-5-8-13(11)14/h4-5,7-8,12H,3,6,9-10,15H2,1-2H3. The van der Waals surface area contributed by atoms with Gasteiger partial charge in [0.2, 0.25) is 0 Å². The third kappa shape index (κ3) is 3.58. The normalized spacial score (nSPS) is 13.1. The van der Waals surface area contributed by atoms with Crippen LogP contribution < -0.4 is 5.73 Å². The fourth-order valence-electron chi connectivity index (χ4n) is 1.88. The lowest BCUT2D eigenvalue weighted by Gasteiger charge is -2.26. The molecular formula is C13H21FN2. The van der Waals surface area contributed by atoms with E-state index in [-0.39, 0.29) is 5.82 Å². The van der Waals surface area contributed by atoms with Gasteiger partial charge in [-0.1, -0.05) is 31.5 Å². The van der Waals surface area contributed by atoms with Crippen molar-refractivity contribution in [1.82, 2.24) is 4.90 Å². The summed E-state index contributed by atoms with van der Waals surface area (Å²) < 4.78 is 13.4. The van der Waals surface area contributed by atoms with Gasteiger partial charge in [0.25, 0.3) is 0 Å². The molecule has 0 aliphatic heterocycles. The van der Waals surface area contributed by atoms with E-state index in [4.69, 9.17) is 5.73 Å². The maximum Gasteiger partial charge on any atom is 0.127 e. The summed E-state index contributed by atoms with van der Waals surface area (Å²) in [6.45, 7) is 3.38. The molecule has 1 aromatic rings. The van der Waals surface area contributed by atoms with Gasteiger partial charge in [-0.2, -0.15) is 0 Å². The van der Waals surface area contributed by atoms with E-state index in [0.717, 1.165) is 18.4 Å². The average molecular weight is 224 g/mol. The quantitative estimate of drug-likeness (QED) is 0.804. The van der Waals surface area contributed by atoms with Crippen LogP contribution in [-0.2, 0) is 6.54 Å².